The summed E-state index contributed by atoms with van der Waals surface area (Å²) in [6.07, 6.45) is 2.31. The number of rotatable bonds is 4. The number of hydrogen-bond acceptors (Lipinski definition) is 4. The topological polar surface area (TPSA) is 52.6 Å². The third-order valence-electron chi connectivity index (χ3n) is 2.82. The number of carbonyl (C=O) groups is 2. The van der Waals surface area contributed by atoms with E-state index in [2.05, 4.69) is 0 Å². The highest BCUT2D eigenvalue weighted by Crippen LogP contribution is 2.20. The summed E-state index contributed by atoms with van der Waals surface area (Å²) in [6.45, 7) is 2.53. The first-order valence-corrected chi connectivity index (χ1v) is 6.56. The van der Waals surface area contributed by atoms with Gasteiger partial charge in [-0.15, -0.1) is 0 Å². The molecule has 0 fully saturated rings. The summed E-state index contributed by atoms with van der Waals surface area (Å²) in [5, 5.41) is 2.18. The molecular weight excluding hydrogens is 268 g/mol. The van der Waals surface area contributed by atoms with E-state index in [1.54, 1.807) is 12.2 Å². The number of carbonyl (C=O) groups excluding carboxylic acids is 2. The molecule has 4 nitrogen and oxygen atoms in total. The van der Waals surface area contributed by atoms with E-state index in [0.717, 1.165) is 16.3 Å². The van der Waals surface area contributed by atoms with E-state index in [9.17, 15) is 9.59 Å². The summed E-state index contributed by atoms with van der Waals surface area (Å²) in [7, 11) is 0. The normalized spacial score (nSPS) is 11.0. The minimum Gasteiger partial charge on any atom is -0.421 e. The maximum absolute atomic E-state index is 11.0. The Bertz CT molecular complexity index is 667. The Hall–Kier alpha value is -2.62. The van der Waals surface area contributed by atoms with Crippen LogP contribution in [0.3, 0.4) is 0 Å². The monoisotopic (exact) mass is 284 g/mol. The molecule has 21 heavy (non-hydrogen) atoms. The summed E-state index contributed by atoms with van der Waals surface area (Å²) >= 11 is 0. The van der Waals surface area contributed by atoms with Crippen LogP contribution in [0.15, 0.2) is 48.5 Å². The van der Waals surface area contributed by atoms with Crippen molar-refractivity contribution >= 4 is 28.8 Å². The zero-order valence-electron chi connectivity index (χ0n) is 11.9. The number of benzene rings is 2. The summed E-state index contributed by atoms with van der Waals surface area (Å²) in [6, 6.07) is 13.8. The highest BCUT2D eigenvalue weighted by Gasteiger charge is 2.11. The van der Waals surface area contributed by atoms with Crippen molar-refractivity contribution in [2.45, 2.75) is 20.1 Å². The molecule has 0 bridgehead atoms. The molecule has 0 amide bonds. The summed E-state index contributed by atoms with van der Waals surface area (Å²) in [5.74, 6) is -1.02. The maximum Gasteiger partial charge on any atom is 0.305 e. The fourth-order valence-corrected chi connectivity index (χ4v) is 2.01. The Kier molecular flexibility index (Phi) is 4.72. The lowest BCUT2D eigenvalue weighted by Crippen LogP contribution is -2.19. The molecule has 0 aliphatic rings. The molecule has 0 unspecified atom stereocenters. The first-order chi connectivity index (χ1) is 10.1. The second-order valence-electron chi connectivity index (χ2n) is 4.51. The van der Waals surface area contributed by atoms with Crippen LogP contribution in [0, 0.1) is 0 Å². The van der Waals surface area contributed by atoms with Crippen LogP contribution in [-0.4, -0.2) is 18.2 Å². The third kappa shape index (κ3) is 4.18. The van der Waals surface area contributed by atoms with Gasteiger partial charge in [-0.1, -0.05) is 48.5 Å². The van der Waals surface area contributed by atoms with E-state index in [4.69, 9.17) is 9.47 Å². The SMILES string of the molecule is CC(=O)OC(C=Cc1cccc2ccccc12)OC(C)=O. The Morgan fingerprint density at radius 3 is 2.24 bits per heavy atom. The van der Waals surface area contributed by atoms with Crippen LogP contribution in [0.25, 0.3) is 16.8 Å². The highest BCUT2D eigenvalue weighted by molar-refractivity contribution is 5.90. The Balaban J connectivity index is 2.27. The smallest absolute Gasteiger partial charge is 0.305 e. The van der Waals surface area contributed by atoms with Crippen molar-refractivity contribution in [2.75, 3.05) is 0 Å². The standard InChI is InChI=1S/C17H16O4/c1-12(18)20-17(21-13(2)19)11-10-15-8-5-7-14-6-3-4-9-16(14)15/h3-11,17H,1-2H3. The van der Waals surface area contributed by atoms with E-state index in [0.29, 0.717) is 0 Å². The molecule has 0 radical (unpaired) electrons. The zero-order valence-corrected chi connectivity index (χ0v) is 11.9. The molecular formula is C17H16O4. The fourth-order valence-electron chi connectivity index (χ4n) is 2.01. The lowest BCUT2D eigenvalue weighted by atomic mass is 10.0. The molecule has 0 aliphatic carbocycles. The van der Waals surface area contributed by atoms with Crippen LogP contribution < -0.4 is 0 Å². The van der Waals surface area contributed by atoms with Crippen LogP contribution in [0.4, 0.5) is 0 Å². The minimum atomic E-state index is -1.01. The summed E-state index contributed by atoms with van der Waals surface area (Å²) in [5.41, 5.74) is 0.956. The Labute approximate surface area is 123 Å². The van der Waals surface area contributed by atoms with Crippen molar-refractivity contribution < 1.29 is 19.1 Å². The van der Waals surface area contributed by atoms with E-state index in [1.165, 1.54) is 13.8 Å². The van der Waals surface area contributed by atoms with E-state index >= 15 is 0 Å². The van der Waals surface area contributed by atoms with Crippen LogP contribution in [0.1, 0.15) is 19.4 Å². The Morgan fingerprint density at radius 2 is 1.57 bits per heavy atom. The van der Waals surface area contributed by atoms with E-state index in [1.807, 2.05) is 42.5 Å². The predicted molar refractivity (Wildman–Crippen MR) is 80.3 cm³/mol. The molecule has 0 aliphatic heterocycles. The second-order valence-corrected chi connectivity index (χ2v) is 4.51. The van der Waals surface area contributed by atoms with Crippen LogP contribution in [0.2, 0.25) is 0 Å². The van der Waals surface area contributed by atoms with Gasteiger partial charge in [-0.25, -0.2) is 0 Å². The van der Waals surface area contributed by atoms with Gasteiger partial charge in [0.1, 0.15) is 0 Å². The molecule has 2 aromatic carbocycles. The van der Waals surface area contributed by atoms with Crippen molar-refractivity contribution in [3.05, 3.63) is 54.1 Å². The molecule has 4 heteroatoms. The summed E-state index contributed by atoms with van der Waals surface area (Å²) < 4.78 is 9.85. The highest BCUT2D eigenvalue weighted by atomic mass is 16.7. The number of hydrogen-bond donors (Lipinski definition) is 0. The zero-order chi connectivity index (χ0) is 15.2. The van der Waals surface area contributed by atoms with Crippen molar-refractivity contribution in [1.82, 2.24) is 0 Å². The first-order valence-electron chi connectivity index (χ1n) is 6.56. The molecule has 0 aromatic heterocycles. The number of fused-ring (bicyclic) bond motifs is 1. The third-order valence-corrected chi connectivity index (χ3v) is 2.82. The van der Waals surface area contributed by atoms with Crippen LogP contribution >= 0.6 is 0 Å². The van der Waals surface area contributed by atoms with Gasteiger partial charge in [0.05, 0.1) is 0 Å². The molecule has 108 valence electrons. The molecule has 0 atom stereocenters. The molecule has 0 spiro atoms. The largest absolute Gasteiger partial charge is 0.421 e. The molecule has 0 N–H and O–H groups in total. The van der Waals surface area contributed by atoms with Gasteiger partial charge in [-0.05, 0) is 22.4 Å². The second kappa shape index (κ2) is 6.70. The van der Waals surface area contributed by atoms with Gasteiger partial charge in [0.25, 0.3) is 6.29 Å². The van der Waals surface area contributed by atoms with E-state index < -0.39 is 18.2 Å². The molecule has 0 saturated heterocycles. The predicted octanol–water partition coefficient (Wildman–Crippen LogP) is 3.31. The van der Waals surface area contributed by atoms with Crippen LogP contribution in [-0.2, 0) is 19.1 Å². The van der Waals surface area contributed by atoms with Crippen molar-refractivity contribution in [3.8, 4) is 0 Å². The van der Waals surface area contributed by atoms with Gasteiger partial charge >= 0.3 is 11.9 Å². The van der Waals surface area contributed by atoms with Gasteiger partial charge in [0, 0.05) is 13.8 Å². The van der Waals surface area contributed by atoms with Crippen molar-refractivity contribution in [2.24, 2.45) is 0 Å². The van der Waals surface area contributed by atoms with Crippen molar-refractivity contribution in [1.29, 1.82) is 0 Å². The molecule has 0 heterocycles. The van der Waals surface area contributed by atoms with Gasteiger partial charge in [-0.3, -0.25) is 9.59 Å². The molecule has 2 aromatic rings. The van der Waals surface area contributed by atoms with Gasteiger partial charge < -0.3 is 9.47 Å². The Morgan fingerprint density at radius 1 is 0.952 bits per heavy atom. The van der Waals surface area contributed by atoms with Crippen LogP contribution in [0.5, 0.6) is 0 Å². The van der Waals surface area contributed by atoms with E-state index in [-0.39, 0.29) is 0 Å². The summed E-state index contributed by atoms with van der Waals surface area (Å²) in [4.78, 5) is 22.0. The average molecular weight is 284 g/mol. The van der Waals surface area contributed by atoms with Gasteiger partial charge in [0.15, 0.2) is 0 Å². The first kappa shape index (κ1) is 14.8. The van der Waals surface area contributed by atoms with Gasteiger partial charge in [0.2, 0.25) is 0 Å². The van der Waals surface area contributed by atoms with Crippen molar-refractivity contribution in [3.63, 3.8) is 0 Å². The maximum atomic E-state index is 11.0. The average Bonchev–Trinajstić information content (AvgIpc) is 2.43. The minimum absolute atomic E-state index is 0.510. The fraction of sp³-hybridized carbons (Fsp3) is 0.176. The quantitative estimate of drug-likeness (QED) is 0.638. The lowest BCUT2D eigenvalue weighted by Gasteiger charge is -2.12. The number of esters is 2. The molecule has 0 saturated carbocycles. The lowest BCUT2D eigenvalue weighted by molar-refractivity contribution is -0.176. The molecule has 2 rings (SSSR count). The number of ether oxygens (including phenoxy) is 2. The van der Waals surface area contributed by atoms with Gasteiger partial charge in [-0.2, -0.15) is 0 Å².